The third kappa shape index (κ3) is 2.01. The molecule has 1 aromatic heterocycles. The molecule has 1 fully saturated rings. The van der Waals surface area contributed by atoms with Gasteiger partial charge in [0.05, 0.1) is 11.8 Å². The van der Waals surface area contributed by atoms with Crippen molar-refractivity contribution in [3.05, 3.63) is 17.7 Å². The lowest BCUT2D eigenvalue weighted by atomic mass is 10.0. The molecule has 16 heavy (non-hydrogen) atoms. The van der Waals surface area contributed by atoms with Crippen molar-refractivity contribution < 1.29 is 4.74 Å². The van der Waals surface area contributed by atoms with E-state index in [1.165, 1.54) is 30.8 Å². The SMILES string of the molecule is CC1CCc2nc(CC3CCCO3)cn2C1. The van der Waals surface area contributed by atoms with E-state index in [4.69, 9.17) is 9.72 Å². The zero-order valence-electron chi connectivity index (χ0n) is 9.98. The minimum Gasteiger partial charge on any atom is -0.378 e. The number of imidazole rings is 1. The summed E-state index contributed by atoms with van der Waals surface area (Å²) in [5.74, 6) is 2.09. The van der Waals surface area contributed by atoms with Gasteiger partial charge in [-0.25, -0.2) is 4.98 Å². The predicted molar refractivity (Wildman–Crippen MR) is 62.4 cm³/mol. The Labute approximate surface area is 96.8 Å². The fourth-order valence-electron chi connectivity index (χ4n) is 2.81. The second-order valence-electron chi connectivity index (χ2n) is 5.28. The molecule has 0 saturated carbocycles. The van der Waals surface area contributed by atoms with E-state index in [-0.39, 0.29) is 0 Å². The van der Waals surface area contributed by atoms with Gasteiger partial charge in [-0.2, -0.15) is 0 Å². The van der Waals surface area contributed by atoms with E-state index in [2.05, 4.69) is 17.7 Å². The topological polar surface area (TPSA) is 27.1 Å². The normalized spacial score (nSPS) is 29.3. The van der Waals surface area contributed by atoms with Crippen molar-refractivity contribution in [3.63, 3.8) is 0 Å². The van der Waals surface area contributed by atoms with Crippen LogP contribution in [0.15, 0.2) is 6.20 Å². The van der Waals surface area contributed by atoms with E-state index in [9.17, 15) is 0 Å². The summed E-state index contributed by atoms with van der Waals surface area (Å²) < 4.78 is 8.01. The maximum absolute atomic E-state index is 5.66. The molecular weight excluding hydrogens is 200 g/mol. The van der Waals surface area contributed by atoms with Crippen LogP contribution in [0.4, 0.5) is 0 Å². The van der Waals surface area contributed by atoms with Crippen molar-refractivity contribution in [3.8, 4) is 0 Å². The summed E-state index contributed by atoms with van der Waals surface area (Å²) in [7, 11) is 0. The number of rotatable bonds is 2. The smallest absolute Gasteiger partial charge is 0.108 e. The Morgan fingerprint density at radius 1 is 1.50 bits per heavy atom. The van der Waals surface area contributed by atoms with Crippen molar-refractivity contribution in [1.82, 2.24) is 9.55 Å². The highest BCUT2D eigenvalue weighted by Crippen LogP contribution is 2.22. The lowest BCUT2D eigenvalue weighted by Crippen LogP contribution is -2.17. The summed E-state index contributed by atoms with van der Waals surface area (Å²) in [6.07, 6.45) is 8.53. The second kappa shape index (κ2) is 4.21. The summed E-state index contributed by atoms with van der Waals surface area (Å²) in [6, 6.07) is 0. The molecular formula is C13H20N2O. The fraction of sp³-hybridized carbons (Fsp3) is 0.769. The molecule has 0 spiro atoms. The zero-order valence-corrected chi connectivity index (χ0v) is 9.98. The monoisotopic (exact) mass is 220 g/mol. The molecule has 2 unspecified atom stereocenters. The van der Waals surface area contributed by atoms with Gasteiger partial charge in [-0.3, -0.25) is 0 Å². The molecule has 3 heterocycles. The first kappa shape index (κ1) is 10.3. The first-order chi connectivity index (χ1) is 7.81. The summed E-state index contributed by atoms with van der Waals surface area (Å²) in [6.45, 7) is 4.41. The van der Waals surface area contributed by atoms with Crippen LogP contribution in [0.2, 0.25) is 0 Å². The Balaban J connectivity index is 1.71. The largest absolute Gasteiger partial charge is 0.378 e. The molecule has 3 nitrogen and oxygen atoms in total. The Hall–Kier alpha value is -0.830. The van der Waals surface area contributed by atoms with Crippen LogP contribution >= 0.6 is 0 Å². The first-order valence-corrected chi connectivity index (χ1v) is 6.48. The van der Waals surface area contributed by atoms with E-state index in [0.717, 1.165) is 31.9 Å². The van der Waals surface area contributed by atoms with Crippen LogP contribution in [0.5, 0.6) is 0 Å². The Bertz CT molecular complexity index is 366. The van der Waals surface area contributed by atoms with Gasteiger partial charge in [0.1, 0.15) is 5.82 Å². The molecule has 0 N–H and O–H groups in total. The highest BCUT2D eigenvalue weighted by Gasteiger charge is 2.21. The third-order valence-corrected chi connectivity index (χ3v) is 3.74. The Kier molecular flexibility index (Phi) is 2.72. The molecule has 2 aliphatic heterocycles. The molecule has 0 aliphatic carbocycles. The van der Waals surface area contributed by atoms with Gasteiger partial charge in [-0.1, -0.05) is 6.92 Å². The molecule has 1 saturated heterocycles. The first-order valence-electron chi connectivity index (χ1n) is 6.48. The standard InChI is InChI=1S/C13H20N2O/c1-10-4-5-13-14-11(9-15(13)8-10)7-12-3-2-6-16-12/h9-10,12H,2-8H2,1H3. The van der Waals surface area contributed by atoms with Crippen LogP contribution in [0.1, 0.15) is 37.7 Å². The number of aryl methyl sites for hydroxylation is 1. The summed E-state index contributed by atoms with van der Waals surface area (Å²) in [4.78, 5) is 4.73. The number of hydrogen-bond acceptors (Lipinski definition) is 2. The van der Waals surface area contributed by atoms with Crippen molar-refractivity contribution in [1.29, 1.82) is 0 Å². The van der Waals surface area contributed by atoms with Crippen molar-refractivity contribution in [2.24, 2.45) is 5.92 Å². The van der Waals surface area contributed by atoms with E-state index < -0.39 is 0 Å². The molecule has 3 heteroatoms. The van der Waals surface area contributed by atoms with E-state index >= 15 is 0 Å². The lowest BCUT2D eigenvalue weighted by molar-refractivity contribution is 0.111. The number of nitrogens with zero attached hydrogens (tertiary/aromatic N) is 2. The van der Waals surface area contributed by atoms with Crippen LogP contribution in [0, 0.1) is 5.92 Å². The van der Waals surface area contributed by atoms with Crippen LogP contribution < -0.4 is 0 Å². The van der Waals surface area contributed by atoms with Crippen molar-refractivity contribution in [2.75, 3.05) is 6.61 Å². The fourth-order valence-corrected chi connectivity index (χ4v) is 2.81. The van der Waals surface area contributed by atoms with Gasteiger partial charge in [0.15, 0.2) is 0 Å². The molecule has 88 valence electrons. The van der Waals surface area contributed by atoms with Crippen LogP contribution in [-0.2, 0) is 24.1 Å². The molecule has 0 bridgehead atoms. The summed E-state index contributed by atoms with van der Waals surface area (Å²) >= 11 is 0. The molecule has 2 aliphatic rings. The van der Waals surface area contributed by atoms with Gasteiger partial charge in [0, 0.05) is 32.2 Å². The Morgan fingerprint density at radius 2 is 2.44 bits per heavy atom. The molecule has 0 aromatic carbocycles. The summed E-state index contributed by atoms with van der Waals surface area (Å²) in [5.41, 5.74) is 1.23. The van der Waals surface area contributed by atoms with Gasteiger partial charge in [0.2, 0.25) is 0 Å². The number of fused-ring (bicyclic) bond motifs is 1. The maximum atomic E-state index is 5.66. The molecule has 0 radical (unpaired) electrons. The van der Waals surface area contributed by atoms with Gasteiger partial charge < -0.3 is 9.30 Å². The van der Waals surface area contributed by atoms with E-state index in [1.54, 1.807) is 0 Å². The average Bonchev–Trinajstić information content (AvgIpc) is 2.86. The molecule has 3 rings (SSSR count). The zero-order chi connectivity index (χ0) is 11.0. The van der Waals surface area contributed by atoms with Crippen molar-refractivity contribution >= 4 is 0 Å². The summed E-state index contributed by atoms with van der Waals surface area (Å²) in [5, 5.41) is 0. The number of aromatic nitrogens is 2. The molecule has 0 amide bonds. The molecule has 2 atom stereocenters. The minimum absolute atomic E-state index is 0.425. The third-order valence-electron chi connectivity index (χ3n) is 3.74. The minimum atomic E-state index is 0.425. The van der Waals surface area contributed by atoms with Gasteiger partial charge in [-0.15, -0.1) is 0 Å². The van der Waals surface area contributed by atoms with E-state index in [0.29, 0.717) is 6.10 Å². The molecule has 1 aromatic rings. The van der Waals surface area contributed by atoms with Crippen LogP contribution in [0.3, 0.4) is 0 Å². The predicted octanol–water partition coefficient (Wildman–Crippen LogP) is 2.19. The van der Waals surface area contributed by atoms with Gasteiger partial charge in [0.25, 0.3) is 0 Å². The average molecular weight is 220 g/mol. The van der Waals surface area contributed by atoms with Crippen molar-refractivity contribution in [2.45, 2.75) is 51.7 Å². The highest BCUT2D eigenvalue weighted by atomic mass is 16.5. The lowest BCUT2D eigenvalue weighted by Gasteiger charge is -2.19. The highest BCUT2D eigenvalue weighted by molar-refractivity contribution is 5.08. The number of hydrogen-bond donors (Lipinski definition) is 0. The van der Waals surface area contributed by atoms with E-state index in [1.807, 2.05) is 0 Å². The van der Waals surface area contributed by atoms with Gasteiger partial charge in [-0.05, 0) is 25.2 Å². The number of ether oxygens (including phenoxy) is 1. The van der Waals surface area contributed by atoms with Gasteiger partial charge >= 0.3 is 0 Å². The van der Waals surface area contributed by atoms with Crippen LogP contribution in [-0.4, -0.2) is 22.3 Å². The Morgan fingerprint density at radius 3 is 3.25 bits per heavy atom. The second-order valence-corrected chi connectivity index (χ2v) is 5.28. The maximum Gasteiger partial charge on any atom is 0.108 e. The van der Waals surface area contributed by atoms with Crippen LogP contribution in [0.25, 0.3) is 0 Å². The quantitative estimate of drug-likeness (QED) is 0.764.